The maximum atomic E-state index is 12.7. The molecule has 6 nitrogen and oxygen atoms in total. The summed E-state index contributed by atoms with van der Waals surface area (Å²) in [5.41, 5.74) is 0.114. The van der Waals surface area contributed by atoms with Crippen molar-refractivity contribution < 1.29 is 0 Å². The average molecular weight is 296 g/mol. The molecule has 0 N–H and O–H groups in total. The van der Waals surface area contributed by atoms with Crippen molar-refractivity contribution in [3.8, 4) is 0 Å². The van der Waals surface area contributed by atoms with Crippen molar-refractivity contribution in [1.82, 2.24) is 19.2 Å². The first-order chi connectivity index (χ1) is 10.8. The van der Waals surface area contributed by atoms with E-state index in [0.717, 1.165) is 30.2 Å². The molecule has 112 valence electrons. The number of benzene rings is 1. The van der Waals surface area contributed by atoms with Crippen LogP contribution in [0.4, 0.5) is 0 Å². The fraction of sp³-hybridized carbons (Fsp3) is 0.375. The van der Waals surface area contributed by atoms with E-state index in [4.69, 9.17) is 0 Å². The number of hydrogen-bond donors (Lipinski definition) is 0. The Balaban J connectivity index is 2.00. The Kier molecular flexibility index (Phi) is 3.03. The number of aromatic nitrogens is 4. The highest BCUT2D eigenvalue weighted by Gasteiger charge is 2.19. The standard InChI is InChI=1S/C16H16N4O2/c21-15-12-8-4-5-9-13(12)18-14-16(22)19(10-17-20(14)15)11-6-2-1-3-7-11/h4-5,8-11H,1-3,6-7H2. The van der Waals surface area contributed by atoms with Gasteiger partial charge < -0.3 is 0 Å². The number of nitrogens with zero attached hydrogens (tertiary/aromatic N) is 4. The predicted octanol–water partition coefficient (Wildman–Crippen LogP) is 1.91. The topological polar surface area (TPSA) is 69.3 Å². The highest BCUT2D eigenvalue weighted by molar-refractivity contribution is 5.79. The third kappa shape index (κ3) is 1.94. The van der Waals surface area contributed by atoms with Gasteiger partial charge in [0.15, 0.2) is 0 Å². The van der Waals surface area contributed by atoms with Gasteiger partial charge in [-0.2, -0.15) is 9.61 Å². The molecule has 0 bridgehead atoms. The number of fused-ring (bicyclic) bond motifs is 2. The van der Waals surface area contributed by atoms with Gasteiger partial charge in [-0.3, -0.25) is 14.2 Å². The van der Waals surface area contributed by atoms with E-state index in [-0.39, 0.29) is 22.8 Å². The molecule has 3 aromatic rings. The van der Waals surface area contributed by atoms with Crippen molar-refractivity contribution in [3.05, 3.63) is 51.3 Å². The second-order valence-corrected chi connectivity index (χ2v) is 5.80. The highest BCUT2D eigenvalue weighted by Crippen LogP contribution is 2.26. The van der Waals surface area contributed by atoms with Gasteiger partial charge in [0.25, 0.3) is 11.1 Å². The molecule has 4 rings (SSSR count). The Bertz CT molecular complexity index is 967. The third-order valence-electron chi connectivity index (χ3n) is 4.44. The third-order valence-corrected chi connectivity index (χ3v) is 4.44. The van der Waals surface area contributed by atoms with Crippen molar-refractivity contribution in [2.75, 3.05) is 0 Å². The van der Waals surface area contributed by atoms with Gasteiger partial charge in [-0.1, -0.05) is 31.4 Å². The van der Waals surface area contributed by atoms with E-state index in [0.29, 0.717) is 10.9 Å². The van der Waals surface area contributed by atoms with Crippen LogP contribution in [0, 0.1) is 0 Å². The normalized spacial score (nSPS) is 16.4. The summed E-state index contributed by atoms with van der Waals surface area (Å²) in [5.74, 6) is 0. The summed E-state index contributed by atoms with van der Waals surface area (Å²) in [7, 11) is 0. The lowest BCUT2D eigenvalue weighted by Crippen LogP contribution is -2.32. The second kappa shape index (κ2) is 5.05. The Labute approximate surface area is 126 Å². The minimum absolute atomic E-state index is 0.108. The molecule has 2 aromatic heterocycles. The Morgan fingerprint density at radius 1 is 1.00 bits per heavy atom. The molecule has 1 aliphatic rings. The number of rotatable bonds is 1. The van der Waals surface area contributed by atoms with Gasteiger partial charge in [-0.15, -0.1) is 0 Å². The van der Waals surface area contributed by atoms with Gasteiger partial charge in [0.1, 0.15) is 6.33 Å². The molecule has 0 aliphatic heterocycles. The highest BCUT2D eigenvalue weighted by atomic mass is 16.1. The first-order valence-electron chi connectivity index (χ1n) is 7.64. The Morgan fingerprint density at radius 2 is 1.77 bits per heavy atom. The number of hydrogen-bond acceptors (Lipinski definition) is 4. The summed E-state index contributed by atoms with van der Waals surface area (Å²) in [6.07, 6.45) is 6.92. The van der Waals surface area contributed by atoms with Crippen LogP contribution in [0.1, 0.15) is 38.1 Å². The second-order valence-electron chi connectivity index (χ2n) is 5.80. The van der Waals surface area contributed by atoms with Crippen LogP contribution in [0.3, 0.4) is 0 Å². The van der Waals surface area contributed by atoms with E-state index in [1.54, 1.807) is 28.8 Å². The van der Waals surface area contributed by atoms with Gasteiger partial charge in [0.05, 0.1) is 10.9 Å². The Morgan fingerprint density at radius 3 is 2.59 bits per heavy atom. The lowest BCUT2D eigenvalue weighted by atomic mass is 9.95. The average Bonchev–Trinajstić information content (AvgIpc) is 2.57. The zero-order chi connectivity index (χ0) is 15.1. The molecule has 6 heteroatoms. The molecule has 0 amide bonds. The Hall–Kier alpha value is -2.50. The molecule has 1 aromatic carbocycles. The van der Waals surface area contributed by atoms with E-state index in [1.165, 1.54) is 12.7 Å². The molecule has 1 aliphatic carbocycles. The minimum atomic E-state index is -0.298. The molecule has 1 fully saturated rings. The van der Waals surface area contributed by atoms with Crippen LogP contribution in [0.15, 0.2) is 40.2 Å². The summed E-state index contributed by atoms with van der Waals surface area (Å²) in [6, 6.07) is 7.20. The van der Waals surface area contributed by atoms with E-state index >= 15 is 0 Å². The van der Waals surface area contributed by atoms with Gasteiger partial charge in [-0.25, -0.2) is 4.98 Å². The molecular weight excluding hydrogens is 280 g/mol. The molecule has 0 spiro atoms. The summed E-state index contributed by atoms with van der Waals surface area (Å²) < 4.78 is 2.76. The first-order valence-corrected chi connectivity index (χ1v) is 7.64. The van der Waals surface area contributed by atoms with E-state index < -0.39 is 0 Å². The molecular formula is C16H16N4O2. The first kappa shape index (κ1) is 13.2. The number of para-hydroxylation sites is 1. The van der Waals surface area contributed by atoms with Crippen molar-refractivity contribution in [1.29, 1.82) is 0 Å². The van der Waals surface area contributed by atoms with Crippen molar-refractivity contribution in [2.24, 2.45) is 0 Å². The summed E-state index contributed by atoms with van der Waals surface area (Å²) in [5, 5.41) is 4.65. The van der Waals surface area contributed by atoms with Crippen LogP contribution in [0.25, 0.3) is 16.6 Å². The molecule has 22 heavy (non-hydrogen) atoms. The lowest BCUT2D eigenvalue weighted by molar-refractivity contribution is 0.341. The quantitative estimate of drug-likeness (QED) is 0.643. The van der Waals surface area contributed by atoms with Crippen LogP contribution < -0.4 is 11.1 Å². The molecule has 0 saturated heterocycles. The maximum absolute atomic E-state index is 12.7. The summed E-state index contributed by atoms with van der Waals surface area (Å²) >= 11 is 0. The van der Waals surface area contributed by atoms with Gasteiger partial charge >= 0.3 is 0 Å². The van der Waals surface area contributed by atoms with Crippen molar-refractivity contribution in [3.63, 3.8) is 0 Å². The largest absolute Gasteiger partial charge is 0.297 e. The van der Waals surface area contributed by atoms with Crippen molar-refractivity contribution >= 4 is 16.6 Å². The van der Waals surface area contributed by atoms with E-state index in [2.05, 4.69) is 10.1 Å². The monoisotopic (exact) mass is 296 g/mol. The molecule has 2 heterocycles. The zero-order valence-electron chi connectivity index (χ0n) is 12.1. The van der Waals surface area contributed by atoms with Gasteiger partial charge in [0, 0.05) is 6.04 Å². The fourth-order valence-electron chi connectivity index (χ4n) is 3.26. The predicted molar refractivity (Wildman–Crippen MR) is 83.1 cm³/mol. The molecule has 0 radical (unpaired) electrons. The lowest BCUT2D eigenvalue weighted by Gasteiger charge is -2.23. The van der Waals surface area contributed by atoms with Crippen LogP contribution in [-0.2, 0) is 0 Å². The van der Waals surface area contributed by atoms with Gasteiger partial charge in [0.2, 0.25) is 5.65 Å². The zero-order valence-corrected chi connectivity index (χ0v) is 12.1. The van der Waals surface area contributed by atoms with Crippen LogP contribution in [-0.4, -0.2) is 19.2 Å². The van der Waals surface area contributed by atoms with Crippen LogP contribution >= 0.6 is 0 Å². The van der Waals surface area contributed by atoms with Crippen LogP contribution in [0.2, 0.25) is 0 Å². The van der Waals surface area contributed by atoms with Gasteiger partial charge in [-0.05, 0) is 25.0 Å². The molecule has 0 atom stereocenters. The van der Waals surface area contributed by atoms with Crippen molar-refractivity contribution in [2.45, 2.75) is 38.1 Å². The van der Waals surface area contributed by atoms with E-state index in [1.807, 2.05) is 0 Å². The van der Waals surface area contributed by atoms with E-state index in [9.17, 15) is 9.59 Å². The molecule has 0 unspecified atom stereocenters. The minimum Gasteiger partial charge on any atom is -0.291 e. The fourth-order valence-corrected chi connectivity index (χ4v) is 3.26. The van der Waals surface area contributed by atoms with Crippen LogP contribution in [0.5, 0.6) is 0 Å². The molecule has 1 saturated carbocycles. The summed E-state index contributed by atoms with van der Waals surface area (Å²) in [4.78, 5) is 29.5. The SMILES string of the molecule is O=c1c2nc3ccccc3c(=O)n2ncn1C1CCCCC1. The maximum Gasteiger partial charge on any atom is 0.297 e. The smallest absolute Gasteiger partial charge is 0.291 e. The summed E-state index contributed by atoms with van der Waals surface area (Å²) in [6.45, 7) is 0.